The Balaban J connectivity index is 2.71. The molecule has 0 bridgehead atoms. The Morgan fingerprint density at radius 1 is 1.64 bits per heavy atom. The van der Waals surface area contributed by atoms with Gasteiger partial charge >= 0.3 is 0 Å². The zero-order valence-electron chi connectivity index (χ0n) is 6.00. The van der Waals surface area contributed by atoms with Crippen LogP contribution in [0.1, 0.15) is 5.56 Å². The van der Waals surface area contributed by atoms with Gasteiger partial charge in [-0.2, -0.15) is 0 Å². The van der Waals surface area contributed by atoms with E-state index in [1.54, 1.807) is 18.3 Å². The molecule has 2 nitrogen and oxygen atoms in total. The predicted octanol–water partition coefficient (Wildman–Crippen LogP) is 1.69. The summed E-state index contributed by atoms with van der Waals surface area (Å²) in [4.78, 5) is 3.81. The molecule has 3 heteroatoms. The summed E-state index contributed by atoms with van der Waals surface area (Å²) in [6.07, 6.45) is 4.12. The van der Waals surface area contributed by atoms with Gasteiger partial charge in [-0.3, -0.25) is 0 Å². The number of halogens is 1. The van der Waals surface area contributed by atoms with Crippen LogP contribution in [0.2, 0.25) is 0 Å². The fourth-order valence-electron chi connectivity index (χ4n) is 0.802. The fraction of sp³-hybridized carbons (Fsp3) is 0.125. The van der Waals surface area contributed by atoms with Gasteiger partial charge in [0.25, 0.3) is 0 Å². The molecule has 0 aliphatic rings. The first-order chi connectivity index (χ1) is 5.33. The van der Waals surface area contributed by atoms with Crippen molar-refractivity contribution >= 4 is 5.82 Å². The van der Waals surface area contributed by atoms with E-state index in [0.717, 1.165) is 5.56 Å². The number of hydrogen-bond acceptors (Lipinski definition) is 2. The number of nitrogens with zero attached hydrogens (tertiary/aromatic N) is 1. The molecule has 1 heterocycles. The molecular formula is C8H9FN2. The number of aromatic nitrogens is 1. The molecule has 0 fully saturated rings. The van der Waals surface area contributed by atoms with Crippen molar-refractivity contribution in [3.05, 3.63) is 36.3 Å². The Labute approximate surface area is 64.6 Å². The molecule has 1 rings (SSSR count). The summed E-state index contributed by atoms with van der Waals surface area (Å²) < 4.78 is 11.6. The van der Waals surface area contributed by atoms with Gasteiger partial charge in [0.15, 0.2) is 0 Å². The molecule has 1 aromatic heterocycles. The van der Waals surface area contributed by atoms with E-state index in [0.29, 0.717) is 18.6 Å². The second kappa shape index (κ2) is 3.71. The number of rotatable bonds is 2. The van der Waals surface area contributed by atoms with Crippen LogP contribution in [-0.4, -0.2) is 4.98 Å². The summed E-state index contributed by atoms with van der Waals surface area (Å²) in [5.41, 5.74) is 6.37. The van der Waals surface area contributed by atoms with Gasteiger partial charge in [-0.15, -0.1) is 0 Å². The van der Waals surface area contributed by atoms with E-state index >= 15 is 0 Å². The van der Waals surface area contributed by atoms with Crippen LogP contribution in [0, 0.1) is 0 Å². The number of pyridine rings is 1. The van der Waals surface area contributed by atoms with Crippen LogP contribution >= 0.6 is 0 Å². The van der Waals surface area contributed by atoms with Crippen molar-refractivity contribution in [3.8, 4) is 0 Å². The SMILES string of the molecule is Nc1cc(CC=CF)ccn1. The first kappa shape index (κ1) is 7.72. The molecule has 0 radical (unpaired) electrons. The van der Waals surface area contributed by atoms with Crippen molar-refractivity contribution in [2.45, 2.75) is 6.42 Å². The molecule has 0 saturated heterocycles. The number of hydrogen-bond donors (Lipinski definition) is 1. The predicted molar refractivity (Wildman–Crippen MR) is 42.6 cm³/mol. The van der Waals surface area contributed by atoms with E-state index < -0.39 is 0 Å². The highest BCUT2D eigenvalue weighted by atomic mass is 19.1. The first-order valence-electron chi connectivity index (χ1n) is 3.28. The summed E-state index contributed by atoms with van der Waals surface area (Å²) in [6.45, 7) is 0. The summed E-state index contributed by atoms with van der Waals surface area (Å²) in [5, 5.41) is 0. The number of nitrogens with two attached hydrogens (primary N) is 1. The lowest BCUT2D eigenvalue weighted by Crippen LogP contribution is -1.90. The average Bonchev–Trinajstić information content (AvgIpc) is 2.01. The highest BCUT2D eigenvalue weighted by Crippen LogP contribution is 2.03. The molecule has 58 valence electrons. The minimum absolute atomic E-state index is 0.467. The van der Waals surface area contributed by atoms with E-state index in [9.17, 15) is 4.39 Å². The number of nitrogen functional groups attached to an aromatic ring is 1. The van der Waals surface area contributed by atoms with Gasteiger partial charge in [-0.25, -0.2) is 9.37 Å². The summed E-state index contributed by atoms with van der Waals surface area (Å²) in [7, 11) is 0. The maximum Gasteiger partial charge on any atom is 0.123 e. The minimum Gasteiger partial charge on any atom is -0.384 e. The smallest absolute Gasteiger partial charge is 0.123 e. The summed E-state index contributed by atoms with van der Waals surface area (Å²) in [6, 6.07) is 3.52. The Morgan fingerprint density at radius 2 is 2.45 bits per heavy atom. The van der Waals surface area contributed by atoms with Crippen molar-refractivity contribution in [2.75, 3.05) is 5.73 Å². The third-order valence-electron chi connectivity index (χ3n) is 1.29. The van der Waals surface area contributed by atoms with E-state index in [-0.39, 0.29) is 0 Å². The molecule has 2 N–H and O–H groups in total. The average molecular weight is 152 g/mol. The zero-order chi connectivity index (χ0) is 8.10. The highest BCUT2D eigenvalue weighted by molar-refractivity contribution is 5.32. The summed E-state index contributed by atoms with van der Waals surface area (Å²) >= 11 is 0. The van der Waals surface area contributed by atoms with Gasteiger partial charge in [-0.05, 0) is 24.1 Å². The van der Waals surface area contributed by atoms with Crippen LogP contribution in [0.4, 0.5) is 10.2 Å². The van der Waals surface area contributed by atoms with Crippen LogP contribution < -0.4 is 5.73 Å². The van der Waals surface area contributed by atoms with Gasteiger partial charge in [-0.1, -0.05) is 6.08 Å². The van der Waals surface area contributed by atoms with Gasteiger partial charge in [0.05, 0.1) is 6.33 Å². The second-order valence-electron chi connectivity index (χ2n) is 2.15. The lowest BCUT2D eigenvalue weighted by Gasteiger charge is -1.95. The maximum absolute atomic E-state index is 11.6. The molecular weight excluding hydrogens is 143 g/mol. The van der Waals surface area contributed by atoms with Crippen molar-refractivity contribution in [2.24, 2.45) is 0 Å². The Hall–Kier alpha value is -1.38. The van der Waals surface area contributed by atoms with Gasteiger partial charge in [0, 0.05) is 6.20 Å². The molecule has 1 aromatic rings. The molecule has 0 aromatic carbocycles. The van der Waals surface area contributed by atoms with Crippen LogP contribution in [-0.2, 0) is 6.42 Å². The van der Waals surface area contributed by atoms with Crippen LogP contribution in [0.15, 0.2) is 30.7 Å². The van der Waals surface area contributed by atoms with E-state index in [4.69, 9.17) is 5.73 Å². The van der Waals surface area contributed by atoms with Crippen molar-refractivity contribution < 1.29 is 4.39 Å². The lowest BCUT2D eigenvalue weighted by molar-refractivity contribution is 0.716. The van der Waals surface area contributed by atoms with Crippen LogP contribution in [0.3, 0.4) is 0 Å². The Bertz CT molecular complexity index is 258. The molecule has 0 aliphatic carbocycles. The number of allylic oxidation sites excluding steroid dienone is 1. The molecule has 11 heavy (non-hydrogen) atoms. The monoisotopic (exact) mass is 152 g/mol. The third-order valence-corrected chi connectivity index (χ3v) is 1.29. The van der Waals surface area contributed by atoms with Crippen molar-refractivity contribution in [1.29, 1.82) is 0 Å². The maximum atomic E-state index is 11.6. The topological polar surface area (TPSA) is 38.9 Å². The van der Waals surface area contributed by atoms with Crippen LogP contribution in [0.25, 0.3) is 0 Å². The largest absolute Gasteiger partial charge is 0.384 e. The van der Waals surface area contributed by atoms with Crippen LogP contribution in [0.5, 0.6) is 0 Å². The van der Waals surface area contributed by atoms with Gasteiger partial charge in [0.2, 0.25) is 0 Å². The molecule has 0 unspecified atom stereocenters. The van der Waals surface area contributed by atoms with Gasteiger partial charge < -0.3 is 5.73 Å². The van der Waals surface area contributed by atoms with E-state index in [2.05, 4.69) is 4.98 Å². The molecule has 0 amide bonds. The Morgan fingerprint density at radius 3 is 3.09 bits per heavy atom. The quantitative estimate of drug-likeness (QED) is 0.700. The summed E-state index contributed by atoms with van der Waals surface area (Å²) in [5.74, 6) is 0.467. The van der Waals surface area contributed by atoms with Gasteiger partial charge in [0.1, 0.15) is 5.82 Å². The van der Waals surface area contributed by atoms with Crippen molar-refractivity contribution in [3.63, 3.8) is 0 Å². The number of anilines is 1. The second-order valence-corrected chi connectivity index (χ2v) is 2.15. The molecule has 0 aliphatic heterocycles. The normalized spacial score (nSPS) is 10.6. The molecule has 0 spiro atoms. The zero-order valence-corrected chi connectivity index (χ0v) is 6.00. The standard InChI is InChI=1S/C8H9FN2/c9-4-1-2-7-3-5-11-8(10)6-7/h1,3-6H,2H2,(H2,10,11). The molecule has 0 atom stereocenters. The molecule has 0 saturated carbocycles. The third kappa shape index (κ3) is 2.37. The van der Waals surface area contributed by atoms with Crippen molar-refractivity contribution in [1.82, 2.24) is 4.98 Å². The van der Waals surface area contributed by atoms with E-state index in [1.165, 1.54) is 6.08 Å². The first-order valence-corrected chi connectivity index (χ1v) is 3.28. The highest BCUT2D eigenvalue weighted by Gasteiger charge is 1.89. The fourth-order valence-corrected chi connectivity index (χ4v) is 0.802. The minimum atomic E-state index is 0.467. The van der Waals surface area contributed by atoms with E-state index in [1.807, 2.05) is 0 Å². The Kier molecular flexibility index (Phi) is 2.60. The lowest BCUT2D eigenvalue weighted by atomic mass is 10.2.